The zero-order valence-electron chi connectivity index (χ0n) is 11.6. The van der Waals surface area contributed by atoms with Crippen molar-refractivity contribution in [1.29, 1.82) is 0 Å². The molecule has 19 heavy (non-hydrogen) atoms. The smallest absolute Gasteiger partial charge is 0.238 e. The van der Waals surface area contributed by atoms with Crippen LogP contribution in [0.2, 0.25) is 0 Å². The number of aryl methyl sites for hydroxylation is 1. The second-order valence-electron chi connectivity index (χ2n) is 5.14. The van der Waals surface area contributed by atoms with Gasteiger partial charge in [0.2, 0.25) is 5.91 Å². The molecule has 1 aliphatic heterocycles. The Morgan fingerprint density at radius 1 is 1.53 bits per heavy atom. The third-order valence-corrected chi connectivity index (χ3v) is 3.41. The van der Waals surface area contributed by atoms with E-state index in [1.165, 1.54) is 0 Å². The average Bonchev–Trinajstić information content (AvgIpc) is 2.90. The molecule has 1 aliphatic rings. The highest BCUT2D eigenvalue weighted by Gasteiger charge is 2.22. The first-order chi connectivity index (χ1) is 9.15. The molecular weight excluding hydrogens is 240 g/mol. The van der Waals surface area contributed by atoms with Gasteiger partial charge in [0.25, 0.3) is 0 Å². The van der Waals surface area contributed by atoms with E-state index in [0.717, 1.165) is 30.7 Å². The predicted molar refractivity (Wildman–Crippen MR) is 76.2 cm³/mol. The molecule has 4 heteroatoms. The fourth-order valence-electron chi connectivity index (χ4n) is 2.31. The summed E-state index contributed by atoms with van der Waals surface area (Å²) in [7, 11) is 0. The summed E-state index contributed by atoms with van der Waals surface area (Å²) in [6.45, 7) is 5.23. The highest BCUT2D eigenvalue weighted by Crippen LogP contribution is 2.15. The zero-order valence-corrected chi connectivity index (χ0v) is 11.6. The Bertz CT molecular complexity index is 428. The molecule has 0 saturated carbocycles. The average molecular weight is 262 g/mol. The van der Waals surface area contributed by atoms with Crippen LogP contribution in [0.3, 0.4) is 0 Å². The molecule has 1 aromatic rings. The van der Waals surface area contributed by atoms with Crippen molar-refractivity contribution in [3.05, 3.63) is 29.8 Å². The maximum absolute atomic E-state index is 11.8. The van der Waals surface area contributed by atoms with Gasteiger partial charge >= 0.3 is 0 Å². The molecule has 2 N–H and O–H groups in total. The summed E-state index contributed by atoms with van der Waals surface area (Å²) in [6.07, 6.45) is 2.44. The lowest BCUT2D eigenvalue weighted by atomic mass is 10.1. The van der Waals surface area contributed by atoms with Gasteiger partial charge in [-0.25, -0.2) is 0 Å². The highest BCUT2D eigenvalue weighted by molar-refractivity contribution is 5.92. The van der Waals surface area contributed by atoms with Gasteiger partial charge in [0.05, 0.1) is 12.6 Å². The van der Waals surface area contributed by atoms with Crippen molar-refractivity contribution < 1.29 is 9.53 Å². The van der Waals surface area contributed by atoms with Gasteiger partial charge in [-0.15, -0.1) is 0 Å². The topological polar surface area (TPSA) is 50.4 Å². The molecule has 1 saturated heterocycles. The number of rotatable bonds is 5. The number of nitrogens with one attached hydrogen (secondary N) is 2. The van der Waals surface area contributed by atoms with Crippen LogP contribution in [0.25, 0.3) is 0 Å². The minimum Gasteiger partial charge on any atom is -0.377 e. The molecule has 2 atom stereocenters. The zero-order chi connectivity index (χ0) is 13.7. The van der Waals surface area contributed by atoms with E-state index in [1.54, 1.807) is 0 Å². The maximum atomic E-state index is 11.8. The third-order valence-electron chi connectivity index (χ3n) is 3.41. The summed E-state index contributed by atoms with van der Waals surface area (Å²) in [5, 5.41) is 6.11. The molecule has 0 bridgehead atoms. The summed E-state index contributed by atoms with van der Waals surface area (Å²) < 4.78 is 5.59. The fraction of sp³-hybridized carbons (Fsp3) is 0.533. The van der Waals surface area contributed by atoms with Gasteiger partial charge in [0.1, 0.15) is 0 Å². The van der Waals surface area contributed by atoms with Crippen molar-refractivity contribution >= 4 is 11.6 Å². The highest BCUT2D eigenvalue weighted by atomic mass is 16.5. The SMILES string of the molecule is Cc1cccc(NC(=O)CNC(C)C2CCCO2)c1. The monoisotopic (exact) mass is 262 g/mol. The van der Waals surface area contributed by atoms with Crippen molar-refractivity contribution in [2.45, 2.75) is 38.8 Å². The molecule has 0 aromatic heterocycles. The predicted octanol–water partition coefficient (Wildman–Crippen LogP) is 2.09. The summed E-state index contributed by atoms with van der Waals surface area (Å²) >= 11 is 0. The van der Waals surface area contributed by atoms with Crippen LogP contribution in [0.15, 0.2) is 24.3 Å². The number of carbonyl (C=O) groups excluding carboxylic acids is 1. The van der Waals surface area contributed by atoms with Gasteiger partial charge in [-0.05, 0) is 44.4 Å². The lowest BCUT2D eigenvalue weighted by Crippen LogP contribution is -2.41. The standard InChI is InChI=1S/C15H22N2O2/c1-11-5-3-6-13(9-11)17-15(18)10-16-12(2)14-7-4-8-19-14/h3,5-6,9,12,14,16H,4,7-8,10H2,1-2H3,(H,17,18). The minimum atomic E-state index is -0.0181. The van der Waals surface area contributed by atoms with Crippen molar-refractivity contribution in [3.8, 4) is 0 Å². The number of amides is 1. The molecule has 2 unspecified atom stereocenters. The summed E-state index contributed by atoms with van der Waals surface area (Å²) in [5.41, 5.74) is 1.98. The largest absolute Gasteiger partial charge is 0.377 e. The molecule has 1 heterocycles. The van der Waals surface area contributed by atoms with E-state index in [9.17, 15) is 4.79 Å². The molecule has 1 fully saturated rings. The molecule has 0 spiro atoms. The molecule has 0 radical (unpaired) electrons. The van der Waals surface area contributed by atoms with Crippen molar-refractivity contribution in [2.24, 2.45) is 0 Å². The molecular formula is C15H22N2O2. The van der Waals surface area contributed by atoms with E-state index < -0.39 is 0 Å². The number of hydrogen-bond donors (Lipinski definition) is 2. The van der Waals surface area contributed by atoms with Crippen LogP contribution < -0.4 is 10.6 Å². The Kier molecular flexibility index (Phi) is 4.93. The lowest BCUT2D eigenvalue weighted by Gasteiger charge is -2.19. The van der Waals surface area contributed by atoms with E-state index >= 15 is 0 Å². The molecule has 0 aliphatic carbocycles. The summed E-state index contributed by atoms with van der Waals surface area (Å²) in [6, 6.07) is 8.02. The Balaban J connectivity index is 1.75. The normalized spacial score (nSPS) is 20.2. The molecule has 1 aromatic carbocycles. The second kappa shape index (κ2) is 6.68. The number of benzene rings is 1. The van der Waals surface area contributed by atoms with E-state index in [2.05, 4.69) is 17.6 Å². The van der Waals surface area contributed by atoms with E-state index in [0.29, 0.717) is 6.54 Å². The fourth-order valence-corrected chi connectivity index (χ4v) is 2.31. The van der Waals surface area contributed by atoms with E-state index in [4.69, 9.17) is 4.74 Å². The van der Waals surface area contributed by atoms with Gasteiger partial charge in [-0.3, -0.25) is 4.79 Å². The van der Waals surface area contributed by atoms with Crippen LogP contribution in [-0.4, -0.2) is 31.2 Å². The van der Waals surface area contributed by atoms with Crippen LogP contribution in [0.1, 0.15) is 25.3 Å². The van der Waals surface area contributed by atoms with Gasteiger partial charge in [0.15, 0.2) is 0 Å². The van der Waals surface area contributed by atoms with Crippen molar-refractivity contribution in [1.82, 2.24) is 5.32 Å². The van der Waals surface area contributed by atoms with Gasteiger partial charge in [-0.1, -0.05) is 12.1 Å². The number of carbonyl (C=O) groups is 1. The minimum absolute atomic E-state index is 0.0181. The van der Waals surface area contributed by atoms with Crippen LogP contribution in [0, 0.1) is 6.92 Å². The first-order valence-electron chi connectivity index (χ1n) is 6.86. The molecule has 104 valence electrons. The maximum Gasteiger partial charge on any atom is 0.238 e. The Morgan fingerprint density at radius 2 is 2.37 bits per heavy atom. The number of ether oxygens (including phenoxy) is 1. The van der Waals surface area contributed by atoms with Crippen LogP contribution in [0.5, 0.6) is 0 Å². The number of anilines is 1. The van der Waals surface area contributed by atoms with Gasteiger partial charge in [0, 0.05) is 18.3 Å². The van der Waals surface area contributed by atoms with Crippen molar-refractivity contribution in [3.63, 3.8) is 0 Å². The lowest BCUT2D eigenvalue weighted by molar-refractivity contribution is -0.115. The Hall–Kier alpha value is -1.39. The molecule has 4 nitrogen and oxygen atoms in total. The van der Waals surface area contributed by atoms with Gasteiger partial charge < -0.3 is 15.4 Å². The van der Waals surface area contributed by atoms with E-state index in [1.807, 2.05) is 31.2 Å². The second-order valence-corrected chi connectivity index (χ2v) is 5.14. The van der Waals surface area contributed by atoms with E-state index in [-0.39, 0.29) is 18.1 Å². The quantitative estimate of drug-likeness (QED) is 0.854. The first kappa shape index (κ1) is 14.0. The Labute approximate surface area is 114 Å². The van der Waals surface area contributed by atoms with Crippen LogP contribution in [0.4, 0.5) is 5.69 Å². The molecule has 2 rings (SSSR count). The first-order valence-corrected chi connectivity index (χ1v) is 6.86. The van der Waals surface area contributed by atoms with Crippen LogP contribution >= 0.6 is 0 Å². The third kappa shape index (κ3) is 4.33. The Morgan fingerprint density at radius 3 is 3.05 bits per heavy atom. The van der Waals surface area contributed by atoms with Crippen LogP contribution in [-0.2, 0) is 9.53 Å². The summed E-state index contributed by atoms with van der Waals surface area (Å²) in [4.78, 5) is 11.8. The van der Waals surface area contributed by atoms with Crippen molar-refractivity contribution in [2.75, 3.05) is 18.5 Å². The number of hydrogen-bond acceptors (Lipinski definition) is 3. The molecule has 1 amide bonds. The summed E-state index contributed by atoms with van der Waals surface area (Å²) in [5.74, 6) is -0.0181. The van der Waals surface area contributed by atoms with Gasteiger partial charge in [-0.2, -0.15) is 0 Å².